The minimum atomic E-state index is 0.211. The summed E-state index contributed by atoms with van der Waals surface area (Å²) in [6.07, 6.45) is 0.591. The second-order valence-electron chi connectivity index (χ2n) is 3.02. The van der Waals surface area contributed by atoms with Crippen molar-refractivity contribution in [3.05, 3.63) is 12.3 Å². The van der Waals surface area contributed by atoms with Gasteiger partial charge < -0.3 is 9.53 Å². The molecule has 0 bridgehead atoms. The molecule has 0 aromatic carbocycles. The van der Waals surface area contributed by atoms with Crippen LogP contribution in [-0.4, -0.2) is 12.4 Å². The number of allylic oxidation sites excluding steroid dienone is 1. The van der Waals surface area contributed by atoms with Crippen LogP contribution in [0.2, 0.25) is 0 Å². The molecule has 0 fully saturated rings. The van der Waals surface area contributed by atoms with Crippen LogP contribution in [0, 0.1) is 5.92 Å². The Hall–Kier alpha value is -0.790. The summed E-state index contributed by atoms with van der Waals surface area (Å²) in [6, 6.07) is 0. The van der Waals surface area contributed by atoms with Crippen LogP contribution in [0.15, 0.2) is 12.3 Å². The number of hydrogen-bond donors (Lipinski definition) is 0. The third-order valence-electron chi connectivity index (χ3n) is 1.25. The molecule has 0 amide bonds. The first-order valence-corrected chi connectivity index (χ1v) is 3.80. The zero-order chi connectivity index (χ0) is 8.85. The Labute approximate surface area is 68.2 Å². The molecule has 1 atom stereocenters. The van der Waals surface area contributed by atoms with E-state index in [2.05, 4.69) is 6.58 Å². The summed E-state index contributed by atoms with van der Waals surface area (Å²) in [6.45, 7) is 9.58. The number of rotatable bonds is 5. The van der Waals surface area contributed by atoms with Gasteiger partial charge in [0.2, 0.25) is 0 Å². The van der Waals surface area contributed by atoms with E-state index in [1.165, 1.54) is 0 Å². The molecular weight excluding hydrogens is 140 g/mol. The highest BCUT2D eigenvalue weighted by molar-refractivity contribution is 5.75. The highest BCUT2D eigenvalue weighted by atomic mass is 16.5. The van der Waals surface area contributed by atoms with Gasteiger partial charge in [0, 0.05) is 6.42 Å². The van der Waals surface area contributed by atoms with Crippen LogP contribution >= 0.6 is 0 Å². The lowest BCUT2D eigenvalue weighted by atomic mass is 10.1. The van der Waals surface area contributed by atoms with Crippen LogP contribution in [0.3, 0.4) is 0 Å². The van der Waals surface area contributed by atoms with Gasteiger partial charge in [-0.1, -0.05) is 13.5 Å². The molecule has 0 saturated carbocycles. The molecule has 11 heavy (non-hydrogen) atoms. The van der Waals surface area contributed by atoms with Gasteiger partial charge >= 0.3 is 0 Å². The summed E-state index contributed by atoms with van der Waals surface area (Å²) in [5, 5.41) is 0. The van der Waals surface area contributed by atoms with Gasteiger partial charge in [-0.3, -0.25) is 0 Å². The van der Waals surface area contributed by atoms with Crippen molar-refractivity contribution in [3.8, 4) is 0 Å². The number of ketones is 1. The van der Waals surface area contributed by atoms with E-state index in [0.29, 0.717) is 24.7 Å². The Morgan fingerprint density at radius 1 is 1.55 bits per heavy atom. The Bertz CT molecular complexity index is 150. The lowest BCUT2D eigenvalue weighted by Gasteiger charge is -2.10. The molecule has 0 aromatic rings. The Morgan fingerprint density at radius 3 is 2.45 bits per heavy atom. The molecule has 2 nitrogen and oxygen atoms in total. The van der Waals surface area contributed by atoms with Gasteiger partial charge in [0.15, 0.2) is 0 Å². The van der Waals surface area contributed by atoms with E-state index < -0.39 is 0 Å². The van der Waals surface area contributed by atoms with Gasteiger partial charge in [-0.15, -0.1) is 0 Å². The van der Waals surface area contributed by atoms with Crippen molar-refractivity contribution in [3.63, 3.8) is 0 Å². The summed E-state index contributed by atoms with van der Waals surface area (Å²) in [5.74, 6) is 1.22. The van der Waals surface area contributed by atoms with Crippen molar-refractivity contribution in [2.24, 2.45) is 5.92 Å². The van der Waals surface area contributed by atoms with E-state index in [0.717, 1.165) is 0 Å². The lowest BCUT2D eigenvalue weighted by Crippen LogP contribution is -2.08. The fourth-order valence-electron chi connectivity index (χ4n) is 0.834. The maximum absolute atomic E-state index is 10.6. The largest absolute Gasteiger partial charge is 0.499 e. The first-order valence-electron chi connectivity index (χ1n) is 3.80. The average Bonchev–Trinajstić information content (AvgIpc) is 1.82. The van der Waals surface area contributed by atoms with Crippen LogP contribution in [0.1, 0.15) is 27.2 Å². The molecule has 0 saturated heterocycles. The molecule has 0 aliphatic heterocycles. The number of carbonyl (C=O) groups excluding carboxylic acids is 1. The predicted octanol–water partition coefficient (Wildman–Crippen LogP) is 2.15. The van der Waals surface area contributed by atoms with Gasteiger partial charge in [-0.25, -0.2) is 0 Å². The maximum atomic E-state index is 10.6. The zero-order valence-corrected chi connectivity index (χ0v) is 7.52. The highest BCUT2D eigenvalue weighted by Crippen LogP contribution is 2.04. The molecule has 0 rings (SSSR count). The zero-order valence-electron chi connectivity index (χ0n) is 7.52. The third-order valence-corrected chi connectivity index (χ3v) is 1.25. The van der Waals surface area contributed by atoms with Gasteiger partial charge in [-0.05, 0) is 19.8 Å². The van der Waals surface area contributed by atoms with E-state index in [1.54, 1.807) is 13.8 Å². The molecule has 0 radical (unpaired) electrons. The van der Waals surface area contributed by atoms with Crippen LogP contribution in [0.5, 0.6) is 0 Å². The van der Waals surface area contributed by atoms with Crippen molar-refractivity contribution < 1.29 is 9.53 Å². The second-order valence-corrected chi connectivity index (χ2v) is 3.02. The Kier molecular flexibility index (Phi) is 4.59. The smallest absolute Gasteiger partial charge is 0.130 e. The number of ether oxygens (including phenoxy) is 1. The second kappa shape index (κ2) is 4.94. The van der Waals surface area contributed by atoms with E-state index in [9.17, 15) is 4.79 Å². The van der Waals surface area contributed by atoms with E-state index in [4.69, 9.17) is 4.74 Å². The Morgan fingerprint density at radius 2 is 2.09 bits per heavy atom. The van der Waals surface area contributed by atoms with Crippen molar-refractivity contribution in [1.29, 1.82) is 0 Å². The average molecular weight is 156 g/mol. The molecule has 0 N–H and O–H groups in total. The lowest BCUT2D eigenvalue weighted by molar-refractivity contribution is -0.118. The molecular formula is C9H16O2. The topological polar surface area (TPSA) is 26.3 Å². The van der Waals surface area contributed by atoms with Gasteiger partial charge in [0.1, 0.15) is 5.78 Å². The molecule has 0 aliphatic carbocycles. The van der Waals surface area contributed by atoms with E-state index >= 15 is 0 Å². The molecule has 0 heterocycles. The quantitative estimate of drug-likeness (QED) is 0.570. The fourth-order valence-corrected chi connectivity index (χ4v) is 0.834. The number of Topliss-reactive ketones (excluding diaryl/α,β-unsaturated/α-hetero) is 1. The van der Waals surface area contributed by atoms with Crippen molar-refractivity contribution in [2.75, 3.05) is 6.61 Å². The highest BCUT2D eigenvalue weighted by Gasteiger charge is 2.04. The van der Waals surface area contributed by atoms with Gasteiger partial charge in [0.25, 0.3) is 0 Å². The summed E-state index contributed by atoms with van der Waals surface area (Å²) >= 11 is 0. The minimum absolute atomic E-state index is 0.211. The summed E-state index contributed by atoms with van der Waals surface area (Å²) in [4.78, 5) is 10.6. The predicted molar refractivity (Wildman–Crippen MR) is 45.2 cm³/mol. The molecule has 64 valence electrons. The van der Waals surface area contributed by atoms with Crippen molar-refractivity contribution >= 4 is 5.78 Å². The van der Waals surface area contributed by atoms with E-state index in [-0.39, 0.29) is 5.78 Å². The summed E-state index contributed by atoms with van der Waals surface area (Å²) in [7, 11) is 0. The monoisotopic (exact) mass is 156 g/mol. The molecule has 1 unspecified atom stereocenters. The Balaban J connectivity index is 3.44. The standard InChI is InChI=1S/C9H16O2/c1-7(2)11-6-8(3)5-9(4)10/h8H,1,5-6H2,2-4H3. The molecule has 0 spiro atoms. The minimum Gasteiger partial charge on any atom is -0.499 e. The van der Waals surface area contributed by atoms with Crippen LogP contribution in [0.25, 0.3) is 0 Å². The SMILES string of the molecule is C=C(C)OCC(C)CC(C)=O. The molecule has 0 aromatic heterocycles. The normalized spacial score (nSPS) is 12.3. The summed E-state index contributed by atoms with van der Waals surface area (Å²) < 4.78 is 5.16. The van der Waals surface area contributed by atoms with Crippen LogP contribution in [-0.2, 0) is 9.53 Å². The number of hydrogen-bond acceptors (Lipinski definition) is 2. The van der Waals surface area contributed by atoms with Crippen LogP contribution < -0.4 is 0 Å². The molecule has 0 aliphatic rings. The maximum Gasteiger partial charge on any atom is 0.130 e. The number of carbonyl (C=O) groups is 1. The summed E-state index contributed by atoms with van der Waals surface area (Å²) in [5.41, 5.74) is 0. The van der Waals surface area contributed by atoms with Gasteiger partial charge in [-0.2, -0.15) is 0 Å². The van der Waals surface area contributed by atoms with Gasteiger partial charge in [0.05, 0.1) is 12.4 Å². The van der Waals surface area contributed by atoms with Crippen molar-refractivity contribution in [1.82, 2.24) is 0 Å². The molecule has 2 heteroatoms. The fraction of sp³-hybridized carbons (Fsp3) is 0.667. The van der Waals surface area contributed by atoms with Crippen LogP contribution in [0.4, 0.5) is 0 Å². The van der Waals surface area contributed by atoms with Crippen molar-refractivity contribution in [2.45, 2.75) is 27.2 Å². The van der Waals surface area contributed by atoms with E-state index in [1.807, 2.05) is 6.92 Å². The first-order chi connectivity index (χ1) is 5.02. The third kappa shape index (κ3) is 7.10. The first kappa shape index (κ1) is 10.2.